The fraction of sp³-hybridized carbons (Fsp3) is 0.133. The van der Waals surface area contributed by atoms with Crippen LogP contribution < -0.4 is 16.2 Å². The number of carbonyl (C=O) groups excluding carboxylic acids is 3. The molecule has 1 aromatic carbocycles. The first-order valence-corrected chi connectivity index (χ1v) is 7.99. The number of hydrazine groups is 1. The summed E-state index contributed by atoms with van der Waals surface area (Å²) in [5, 5.41) is 2.71. The van der Waals surface area contributed by atoms with Crippen molar-refractivity contribution in [2.75, 3.05) is 6.54 Å². The van der Waals surface area contributed by atoms with E-state index < -0.39 is 17.7 Å². The van der Waals surface area contributed by atoms with Crippen LogP contribution in [0, 0.1) is 0 Å². The second-order valence-corrected chi connectivity index (χ2v) is 6.14. The fourth-order valence-electron chi connectivity index (χ4n) is 1.89. The molecule has 0 saturated heterocycles. The zero-order valence-corrected chi connectivity index (χ0v) is 14.9. The molecule has 0 aliphatic heterocycles. The molecule has 0 aliphatic rings. The molecule has 0 unspecified atom stereocenters. The van der Waals surface area contributed by atoms with E-state index in [1.807, 2.05) is 0 Å². The van der Waals surface area contributed by atoms with Crippen molar-refractivity contribution in [2.24, 2.45) is 7.05 Å². The molecule has 3 N–H and O–H groups in total. The molecule has 1 heterocycles. The van der Waals surface area contributed by atoms with Gasteiger partial charge in [0.15, 0.2) is 0 Å². The molecule has 24 heavy (non-hydrogen) atoms. The molecule has 0 saturated carbocycles. The van der Waals surface area contributed by atoms with Crippen LogP contribution >= 0.6 is 27.5 Å². The van der Waals surface area contributed by atoms with E-state index >= 15 is 0 Å². The Morgan fingerprint density at radius 1 is 1.17 bits per heavy atom. The lowest BCUT2D eigenvalue weighted by Gasteiger charge is -2.09. The smallest absolute Gasteiger partial charge is 0.286 e. The molecule has 0 bridgehead atoms. The minimum atomic E-state index is -0.572. The van der Waals surface area contributed by atoms with Gasteiger partial charge >= 0.3 is 0 Å². The zero-order valence-electron chi connectivity index (χ0n) is 12.6. The Balaban J connectivity index is 1.81. The third kappa shape index (κ3) is 4.59. The maximum atomic E-state index is 11.9. The van der Waals surface area contributed by atoms with Crippen LogP contribution in [-0.2, 0) is 11.8 Å². The van der Waals surface area contributed by atoms with E-state index in [-0.39, 0.29) is 17.1 Å². The molecule has 0 radical (unpaired) electrons. The molecule has 0 atom stereocenters. The molecule has 0 aliphatic carbocycles. The van der Waals surface area contributed by atoms with Gasteiger partial charge in [0.1, 0.15) is 5.69 Å². The fourth-order valence-corrected chi connectivity index (χ4v) is 2.63. The number of amides is 3. The Morgan fingerprint density at radius 3 is 2.50 bits per heavy atom. The first-order valence-electron chi connectivity index (χ1n) is 6.82. The summed E-state index contributed by atoms with van der Waals surface area (Å²) in [7, 11) is 1.70. The number of halogens is 2. The number of rotatable bonds is 4. The Bertz CT molecular complexity index is 791. The quantitative estimate of drug-likeness (QED) is 0.665. The molecule has 3 amide bonds. The molecule has 7 nitrogen and oxygen atoms in total. The van der Waals surface area contributed by atoms with Crippen LogP contribution in [0.25, 0.3) is 0 Å². The number of aromatic nitrogens is 1. The highest BCUT2D eigenvalue weighted by Crippen LogP contribution is 2.14. The second-order valence-electron chi connectivity index (χ2n) is 4.82. The van der Waals surface area contributed by atoms with Crippen LogP contribution in [-0.4, -0.2) is 28.8 Å². The Labute approximate surface area is 151 Å². The summed E-state index contributed by atoms with van der Waals surface area (Å²) in [6.45, 7) is -0.304. The van der Waals surface area contributed by atoms with E-state index in [2.05, 4.69) is 32.1 Å². The van der Waals surface area contributed by atoms with Gasteiger partial charge in [-0.3, -0.25) is 25.2 Å². The maximum absolute atomic E-state index is 11.9. The van der Waals surface area contributed by atoms with Gasteiger partial charge in [0.25, 0.3) is 17.7 Å². The lowest BCUT2D eigenvalue weighted by molar-refractivity contribution is -0.120. The molecule has 2 aromatic rings. The monoisotopic (exact) mass is 412 g/mol. The molecule has 126 valence electrons. The van der Waals surface area contributed by atoms with E-state index in [0.717, 1.165) is 4.47 Å². The Morgan fingerprint density at radius 2 is 1.88 bits per heavy atom. The van der Waals surface area contributed by atoms with Gasteiger partial charge in [-0.25, -0.2) is 0 Å². The number of carbonyl (C=O) groups is 3. The van der Waals surface area contributed by atoms with E-state index in [4.69, 9.17) is 11.6 Å². The predicted octanol–water partition coefficient (Wildman–Crippen LogP) is 1.63. The SMILES string of the molecule is Cn1cc(Br)cc1C(=O)NNC(=O)CNC(=O)c1ccccc1Cl. The van der Waals surface area contributed by atoms with E-state index in [1.165, 1.54) is 0 Å². The first kappa shape index (κ1) is 18.0. The largest absolute Gasteiger partial charge is 0.345 e. The van der Waals surface area contributed by atoms with Crippen molar-refractivity contribution in [1.82, 2.24) is 20.7 Å². The topological polar surface area (TPSA) is 92.2 Å². The summed E-state index contributed by atoms with van der Waals surface area (Å²) in [5.74, 6) is -1.53. The third-order valence-electron chi connectivity index (χ3n) is 3.05. The van der Waals surface area contributed by atoms with Crippen LogP contribution in [0.1, 0.15) is 20.8 Å². The molecule has 0 spiro atoms. The maximum Gasteiger partial charge on any atom is 0.286 e. The summed E-state index contributed by atoms with van der Waals surface area (Å²) < 4.78 is 2.35. The number of nitrogens with zero attached hydrogens (tertiary/aromatic N) is 1. The van der Waals surface area contributed by atoms with Gasteiger partial charge in [0.2, 0.25) is 0 Å². The standard InChI is InChI=1S/C15H14BrClN4O3/c1-21-8-9(16)6-12(21)15(24)20-19-13(22)7-18-14(23)10-4-2-3-5-11(10)17/h2-6,8H,7H2,1H3,(H,18,23)(H,19,22)(H,20,24). The summed E-state index contributed by atoms with van der Waals surface area (Å²) in [4.78, 5) is 35.5. The lowest BCUT2D eigenvalue weighted by Crippen LogP contribution is -2.46. The summed E-state index contributed by atoms with van der Waals surface area (Å²) >= 11 is 9.15. The first-order chi connectivity index (χ1) is 11.4. The lowest BCUT2D eigenvalue weighted by atomic mass is 10.2. The number of benzene rings is 1. The van der Waals surface area contributed by atoms with Gasteiger partial charge in [-0.1, -0.05) is 23.7 Å². The van der Waals surface area contributed by atoms with Crippen LogP contribution in [0.15, 0.2) is 41.0 Å². The molecular formula is C15H14BrClN4O3. The van der Waals surface area contributed by atoms with E-state index in [0.29, 0.717) is 5.69 Å². The normalized spacial score (nSPS) is 10.1. The third-order valence-corrected chi connectivity index (χ3v) is 3.81. The highest BCUT2D eigenvalue weighted by molar-refractivity contribution is 9.10. The van der Waals surface area contributed by atoms with Crippen LogP contribution in [0.5, 0.6) is 0 Å². The van der Waals surface area contributed by atoms with Crippen LogP contribution in [0.4, 0.5) is 0 Å². The van der Waals surface area contributed by atoms with E-state index in [9.17, 15) is 14.4 Å². The van der Waals surface area contributed by atoms with Gasteiger partial charge in [0, 0.05) is 17.7 Å². The highest BCUT2D eigenvalue weighted by atomic mass is 79.9. The van der Waals surface area contributed by atoms with Gasteiger partial charge in [0.05, 0.1) is 17.1 Å². The van der Waals surface area contributed by atoms with Crippen LogP contribution in [0.2, 0.25) is 5.02 Å². The minimum Gasteiger partial charge on any atom is -0.345 e. The zero-order chi connectivity index (χ0) is 17.7. The second kappa shape index (κ2) is 7.98. The van der Waals surface area contributed by atoms with Crippen molar-refractivity contribution >= 4 is 45.3 Å². The van der Waals surface area contributed by atoms with E-state index in [1.54, 1.807) is 48.1 Å². The predicted molar refractivity (Wildman–Crippen MR) is 92.5 cm³/mol. The average molecular weight is 414 g/mol. The summed E-state index contributed by atoms with van der Waals surface area (Å²) in [6.07, 6.45) is 1.71. The van der Waals surface area contributed by atoms with Crippen molar-refractivity contribution < 1.29 is 14.4 Å². The number of hydrogen-bond acceptors (Lipinski definition) is 3. The van der Waals surface area contributed by atoms with Gasteiger partial charge < -0.3 is 9.88 Å². The van der Waals surface area contributed by atoms with Crippen molar-refractivity contribution in [3.63, 3.8) is 0 Å². The minimum absolute atomic E-state index is 0.268. The molecule has 0 fully saturated rings. The highest BCUT2D eigenvalue weighted by Gasteiger charge is 2.13. The van der Waals surface area contributed by atoms with Crippen molar-refractivity contribution in [2.45, 2.75) is 0 Å². The molecule has 2 rings (SSSR count). The van der Waals surface area contributed by atoms with Crippen molar-refractivity contribution in [3.05, 3.63) is 57.3 Å². The number of hydrogen-bond donors (Lipinski definition) is 3. The summed E-state index contributed by atoms with van der Waals surface area (Å²) in [5.41, 5.74) is 5.13. The van der Waals surface area contributed by atoms with Gasteiger partial charge in [-0.15, -0.1) is 0 Å². The molecule has 9 heteroatoms. The Kier molecular flexibility index (Phi) is 5.99. The molecule has 1 aromatic heterocycles. The van der Waals surface area contributed by atoms with Crippen molar-refractivity contribution in [3.8, 4) is 0 Å². The van der Waals surface area contributed by atoms with Gasteiger partial charge in [-0.05, 0) is 34.1 Å². The van der Waals surface area contributed by atoms with Crippen LogP contribution in [0.3, 0.4) is 0 Å². The average Bonchev–Trinajstić information content (AvgIpc) is 2.89. The summed E-state index contributed by atoms with van der Waals surface area (Å²) in [6, 6.07) is 8.10. The number of aryl methyl sites for hydroxylation is 1. The van der Waals surface area contributed by atoms with Gasteiger partial charge in [-0.2, -0.15) is 0 Å². The number of nitrogens with one attached hydrogen (secondary N) is 3. The van der Waals surface area contributed by atoms with Crippen molar-refractivity contribution in [1.29, 1.82) is 0 Å². The molecular weight excluding hydrogens is 400 g/mol. The Hall–Kier alpha value is -2.32.